The predicted molar refractivity (Wildman–Crippen MR) is 292 cm³/mol. The molecule has 7 aromatic carbocycles. The summed E-state index contributed by atoms with van der Waals surface area (Å²) < 4.78 is 65.2. The molecule has 0 aliphatic heterocycles. The first-order valence-corrected chi connectivity index (χ1v) is 23.6. The van der Waals surface area contributed by atoms with E-state index in [0.717, 1.165) is 11.1 Å². The van der Waals surface area contributed by atoms with Crippen molar-refractivity contribution in [3.8, 4) is 103 Å². The molecule has 10 aromatic rings. The average Bonchev–Trinajstić information content (AvgIpc) is 3.47. The van der Waals surface area contributed by atoms with Gasteiger partial charge in [-0.3, -0.25) is 14.4 Å². The maximum atomic E-state index is 12.6. The lowest BCUT2D eigenvalue weighted by Gasteiger charge is -2.14. The molecule has 400 valence electrons. The largest absolute Gasteiger partial charge is 0.507 e. The Balaban J connectivity index is 0.000000156. The number of rotatable bonds is 14. The number of benzene rings is 7. The Kier molecular flexibility index (Phi) is 16.6. The lowest BCUT2D eigenvalue weighted by molar-refractivity contribution is 0.284. The number of aromatic hydroxyl groups is 3. The topological polar surface area (TPSA) is 234 Å². The van der Waals surface area contributed by atoms with E-state index >= 15 is 0 Å². The van der Waals surface area contributed by atoms with Gasteiger partial charge in [0.25, 0.3) is 0 Å². The summed E-state index contributed by atoms with van der Waals surface area (Å²) in [6, 6.07) is 38.3. The molecule has 3 N–H and O–H groups in total. The van der Waals surface area contributed by atoms with Crippen LogP contribution in [-0.2, 0) is 6.61 Å². The van der Waals surface area contributed by atoms with E-state index in [9.17, 15) is 29.7 Å². The molecule has 0 unspecified atom stereocenters. The summed E-state index contributed by atoms with van der Waals surface area (Å²) in [5, 5.41) is 30.5. The Bertz CT molecular complexity index is 3960. The van der Waals surface area contributed by atoms with Crippen molar-refractivity contribution in [1.29, 1.82) is 0 Å². The highest BCUT2D eigenvalue weighted by molar-refractivity contribution is 5.88. The fourth-order valence-electron chi connectivity index (χ4n) is 8.15. The monoisotopic (exact) mass is 1060 g/mol. The molecule has 3 aromatic heterocycles. The first kappa shape index (κ1) is 54.0. The molecule has 0 saturated carbocycles. The van der Waals surface area contributed by atoms with Gasteiger partial charge >= 0.3 is 0 Å². The van der Waals surface area contributed by atoms with Crippen molar-refractivity contribution < 1.29 is 71.2 Å². The molecule has 0 bridgehead atoms. The van der Waals surface area contributed by atoms with E-state index < -0.39 is 5.43 Å². The third kappa shape index (κ3) is 11.7. The highest BCUT2D eigenvalue weighted by atomic mass is 16.5. The summed E-state index contributed by atoms with van der Waals surface area (Å²) in [5.41, 5.74) is 2.57. The average molecular weight is 1060 g/mol. The van der Waals surface area contributed by atoms with Crippen molar-refractivity contribution in [2.75, 3.05) is 56.9 Å². The lowest BCUT2D eigenvalue weighted by atomic mass is 10.1. The number of methoxy groups -OCH3 is 8. The molecular formula is C60H52O18. The highest BCUT2D eigenvalue weighted by Crippen LogP contribution is 2.42. The standard InChI is InChI=1S/C24H20O6.C19H18O7.C17H14O5/c1-27-17-11-18(25)24-19(26)13-21(30-23(24)12-17)16-8-9-20(22(10-16)28-2)29-14-15-6-4-3-5-7-15;1-22-10-5-12(20)19-13(21)8-15(26-18(19)6-10)11-7-16(24-3)17(25-4)9-14(11)23-2;1-20-11-5-3-10(4-6-11)15-9-14(19)17-13(18)7-12(21-2)8-16(17)22-15/h3-13,25H,14H2,1-2H3;5-9,20H,1-4H3;3-9,18H,1-2H3. The molecule has 18 heteroatoms. The summed E-state index contributed by atoms with van der Waals surface area (Å²) >= 11 is 0. The summed E-state index contributed by atoms with van der Waals surface area (Å²) in [5.74, 6) is 4.81. The van der Waals surface area contributed by atoms with Gasteiger partial charge in [0, 0.05) is 71.8 Å². The van der Waals surface area contributed by atoms with Crippen molar-refractivity contribution in [3.05, 3.63) is 176 Å². The second-order valence-electron chi connectivity index (χ2n) is 16.8. The van der Waals surface area contributed by atoms with Crippen molar-refractivity contribution in [2.45, 2.75) is 6.61 Å². The molecule has 0 amide bonds. The zero-order valence-corrected chi connectivity index (χ0v) is 43.5. The zero-order chi connectivity index (χ0) is 55.6. The number of fused-ring (bicyclic) bond motifs is 3. The number of ether oxygens (including phenoxy) is 9. The Morgan fingerprint density at radius 2 is 0.769 bits per heavy atom. The van der Waals surface area contributed by atoms with Gasteiger partial charge in [-0.1, -0.05) is 30.3 Å². The van der Waals surface area contributed by atoms with Crippen LogP contribution in [0.3, 0.4) is 0 Å². The first-order chi connectivity index (χ1) is 37.7. The van der Waals surface area contributed by atoms with Crippen molar-refractivity contribution in [3.63, 3.8) is 0 Å². The molecular weight excluding hydrogens is 1010 g/mol. The molecule has 3 heterocycles. The van der Waals surface area contributed by atoms with Crippen LogP contribution >= 0.6 is 0 Å². The maximum Gasteiger partial charge on any atom is 0.197 e. The van der Waals surface area contributed by atoms with Gasteiger partial charge in [-0.2, -0.15) is 0 Å². The molecule has 0 spiro atoms. The Morgan fingerprint density at radius 3 is 1.23 bits per heavy atom. The van der Waals surface area contributed by atoms with E-state index in [0.29, 0.717) is 81.0 Å². The third-order valence-electron chi connectivity index (χ3n) is 12.1. The first-order valence-electron chi connectivity index (χ1n) is 23.6. The zero-order valence-electron chi connectivity index (χ0n) is 43.5. The summed E-state index contributed by atoms with van der Waals surface area (Å²) in [6.07, 6.45) is 0. The number of hydrogen-bond donors (Lipinski definition) is 3. The molecule has 78 heavy (non-hydrogen) atoms. The minimum absolute atomic E-state index is 0.0778. The van der Waals surface area contributed by atoms with Crippen LogP contribution in [0.2, 0.25) is 0 Å². The predicted octanol–water partition coefficient (Wildman–Crippen LogP) is 11.1. The van der Waals surface area contributed by atoms with Crippen molar-refractivity contribution >= 4 is 32.9 Å². The highest BCUT2D eigenvalue weighted by Gasteiger charge is 2.20. The van der Waals surface area contributed by atoms with Gasteiger partial charge in [0.15, 0.2) is 39.3 Å². The molecule has 0 radical (unpaired) electrons. The quantitative estimate of drug-likeness (QED) is 0.0918. The van der Waals surface area contributed by atoms with Gasteiger partial charge in [-0.25, -0.2) is 0 Å². The maximum absolute atomic E-state index is 12.6. The molecule has 0 aliphatic carbocycles. The van der Waals surface area contributed by atoms with E-state index in [1.807, 2.05) is 30.3 Å². The second-order valence-corrected chi connectivity index (χ2v) is 16.8. The molecule has 0 fully saturated rings. The Hall–Kier alpha value is -10.2. The van der Waals surface area contributed by atoms with Gasteiger partial charge in [-0.05, 0) is 54.1 Å². The van der Waals surface area contributed by atoms with Crippen LogP contribution in [0.15, 0.2) is 167 Å². The van der Waals surface area contributed by atoms with Gasteiger partial charge in [0.2, 0.25) is 0 Å². The molecule has 0 saturated heterocycles. The Labute approximate surface area is 444 Å². The lowest BCUT2D eigenvalue weighted by Crippen LogP contribution is -2.02. The summed E-state index contributed by atoms with van der Waals surface area (Å²) in [7, 11) is 12.1. The SMILES string of the molecule is COc1cc(O)c2c(=O)cc(-c3cc(OC)c(OC)cc3OC)oc2c1.COc1cc(O)c2c(=O)cc(-c3ccc(OCc4ccccc4)c(OC)c3)oc2c1.COc1ccc(-c2cc(=O)c3c(O)cc(OC)cc3o2)cc1. The molecule has 10 rings (SSSR count). The van der Waals surface area contributed by atoms with E-state index in [1.54, 1.807) is 80.9 Å². The van der Waals surface area contributed by atoms with Crippen LogP contribution in [0.5, 0.6) is 69.0 Å². The number of hydrogen-bond acceptors (Lipinski definition) is 18. The van der Waals surface area contributed by atoms with Gasteiger partial charge < -0.3 is 71.2 Å². The van der Waals surface area contributed by atoms with Crippen LogP contribution in [0.25, 0.3) is 66.9 Å². The van der Waals surface area contributed by atoms with E-state index in [2.05, 4.69) is 0 Å². The van der Waals surface area contributed by atoms with E-state index in [4.69, 9.17) is 55.9 Å². The molecule has 0 atom stereocenters. The third-order valence-corrected chi connectivity index (χ3v) is 12.1. The van der Waals surface area contributed by atoms with E-state index in [1.165, 1.54) is 85.1 Å². The summed E-state index contributed by atoms with van der Waals surface area (Å²) in [6.45, 7) is 0.403. The fraction of sp³-hybridized carbons (Fsp3) is 0.150. The van der Waals surface area contributed by atoms with Crippen LogP contribution in [0, 0.1) is 0 Å². The minimum atomic E-state index is -0.391. The molecule has 18 nitrogen and oxygen atoms in total. The fourth-order valence-corrected chi connectivity index (χ4v) is 8.15. The molecule has 0 aliphatic rings. The number of phenolic OH excluding ortho intramolecular Hbond substituents is 3. The van der Waals surface area contributed by atoms with E-state index in [-0.39, 0.29) is 66.8 Å². The van der Waals surface area contributed by atoms with Crippen LogP contribution in [-0.4, -0.2) is 72.2 Å². The smallest absolute Gasteiger partial charge is 0.197 e. The van der Waals surface area contributed by atoms with Gasteiger partial charge in [-0.15, -0.1) is 0 Å². The second kappa shape index (κ2) is 24.0. The van der Waals surface area contributed by atoms with Crippen molar-refractivity contribution in [2.24, 2.45) is 0 Å². The normalized spacial score (nSPS) is 10.7. The van der Waals surface area contributed by atoms with Gasteiger partial charge in [0.05, 0.1) is 62.4 Å². The van der Waals surface area contributed by atoms with Crippen LogP contribution in [0.4, 0.5) is 0 Å². The van der Waals surface area contributed by atoms with Gasteiger partial charge in [0.1, 0.15) is 103 Å². The summed E-state index contributed by atoms with van der Waals surface area (Å²) in [4.78, 5) is 37.3. The minimum Gasteiger partial charge on any atom is -0.507 e. The Morgan fingerprint density at radius 1 is 0.359 bits per heavy atom. The van der Waals surface area contributed by atoms with Crippen LogP contribution in [0.1, 0.15) is 5.56 Å². The number of phenols is 3. The van der Waals surface area contributed by atoms with Crippen molar-refractivity contribution in [1.82, 2.24) is 0 Å². The van der Waals surface area contributed by atoms with Crippen LogP contribution < -0.4 is 58.9 Å².